The van der Waals surface area contributed by atoms with Gasteiger partial charge in [-0.3, -0.25) is 4.79 Å². The summed E-state index contributed by atoms with van der Waals surface area (Å²) in [7, 11) is 0. The van der Waals surface area contributed by atoms with Crippen molar-refractivity contribution in [1.29, 1.82) is 0 Å². The maximum Gasteiger partial charge on any atom is 0.416 e. The fourth-order valence-corrected chi connectivity index (χ4v) is 1.17. The third kappa shape index (κ3) is 5.53. The molecule has 1 fully saturated rings. The number of halogens is 4. The molecule has 0 bridgehead atoms. The molecule has 1 rings (SSSR count). The molecule has 17 heavy (non-hydrogen) atoms. The summed E-state index contributed by atoms with van der Waals surface area (Å²) in [5.74, 6) is -0.608. The molecule has 1 heterocycles. The highest BCUT2D eigenvalue weighted by Gasteiger charge is 2.38. The van der Waals surface area contributed by atoms with Gasteiger partial charge in [0.05, 0.1) is 19.8 Å². The Balaban J connectivity index is 0.00000256. The van der Waals surface area contributed by atoms with E-state index in [0.29, 0.717) is 13.2 Å². The molecule has 3 N–H and O–H groups in total. The molecule has 1 amide bonds. The topological polar surface area (TPSA) is 70.6 Å². The summed E-state index contributed by atoms with van der Waals surface area (Å²) in [5, 5.41) is 13.4. The van der Waals surface area contributed by atoms with Crippen LogP contribution < -0.4 is 10.6 Å². The normalized spacial score (nSPS) is 22.5. The van der Waals surface area contributed by atoms with E-state index in [2.05, 4.69) is 5.32 Å². The van der Waals surface area contributed by atoms with Crippen molar-refractivity contribution in [3.8, 4) is 0 Å². The van der Waals surface area contributed by atoms with E-state index in [4.69, 9.17) is 9.84 Å². The van der Waals surface area contributed by atoms with E-state index in [-0.39, 0.29) is 19.0 Å². The predicted molar refractivity (Wildman–Crippen MR) is 54.9 cm³/mol. The quantitative estimate of drug-likeness (QED) is 0.647. The van der Waals surface area contributed by atoms with Gasteiger partial charge in [0, 0.05) is 6.54 Å². The second-order valence-corrected chi connectivity index (χ2v) is 3.38. The van der Waals surface area contributed by atoms with Crippen molar-refractivity contribution >= 4 is 18.3 Å². The van der Waals surface area contributed by atoms with E-state index in [0.717, 1.165) is 0 Å². The van der Waals surface area contributed by atoms with Crippen molar-refractivity contribution in [2.45, 2.75) is 18.3 Å². The van der Waals surface area contributed by atoms with Crippen LogP contribution >= 0.6 is 12.4 Å². The summed E-state index contributed by atoms with van der Waals surface area (Å²) >= 11 is 0. The lowest BCUT2D eigenvalue weighted by molar-refractivity contribution is -0.202. The molecule has 0 aromatic carbocycles. The van der Waals surface area contributed by atoms with Crippen LogP contribution in [0.15, 0.2) is 0 Å². The molecule has 102 valence electrons. The average molecular weight is 279 g/mol. The van der Waals surface area contributed by atoms with E-state index >= 15 is 0 Å². The summed E-state index contributed by atoms with van der Waals surface area (Å²) in [5.41, 5.74) is 0. The Kier molecular flexibility index (Phi) is 6.76. The highest BCUT2D eigenvalue weighted by atomic mass is 35.5. The Bertz CT molecular complexity index is 247. The van der Waals surface area contributed by atoms with E-state index in [1.54, 1.807) is 0 Å². The molecule has 1 aliphatic rings. The number of hydrogen-bond acceptors (Lipinski definition) is 4. The van der Waals surface area contributed by atoms with Gasteiger partial charge in [0.25, 0.3) is 0 Å². The van der Waals surface area contributed by atoms with Crippen LogP contribution in [0, 0.1) is 0 Å². The van der Waals surface area contributed by atoms with Gasteiger partial charge in [-0.25, -0.2) is 0 Å². The number of aliphatic hydroxyl groups excluding tert-OH is 1. The van der Waals surface area contributed by atoms with Crippen molar-refractivity contribution in [3.63, 3.8) is 0 Å². The second kappa shape index (κ2) is 7.00. The van der Waals surface area contributed by atoms with E-state index in [9.17, 15) is 18.0 Å². The molecule has 0 saturated carbocycles. The average Bonchev–Trinajstić information content (AvgIpc) is 2.25. The number of ether oxygens (including phenoxy) is 1. The Morgan fingerprint density at radius 3 is 2.71 bits per heavy atom. The maximum absolute atomic E-state index is 11.9. The maximum atomic E-state index is 11.9. The minimum absolute atomic E-state index is 0. The summed E-state index contributed by atoms with van der Waals surface area (Å²) in [6.45, 7) is 0.212. The molecule has 9 heteroatoms. The molecule has 5 nitrogen and oxygen atoms in total. The Hall–Kier alpha value is -0.570. The zero-order chi connectivity index (χ0) is 12.2. The smallest absolute Gasteiger partial charge is 0.382 e. The number of hydrogen-bond donors (Lipinski definition) is 3. The van der Waals surface area contributed by atoms with Crippen LogP contribution in [0.5, 0.6) is 0 Å². The number of alkyl halides is 3. The van der Waals surface area contributed by atoms with Crippen LogP contribution in [-0.4, -0.2) is 55.6 Å². The first-order valence-electron chi connectivity index (χ1n) is 4.75. The fourth-order valence-electron chi connectivity index (χ4n) is 1.17. The number of rotatable bonds is 3. The summed E-state index contributed by atoms with van der Waals surface area (Å²) < 4.78 is 40.7. The Labute approximate surface area is 102 Å². The largest absolute Gasteiger partial charge is 0.416 e. The highest BCUT2D eigenvalue weighted by molar-refractivity contribution is 5.85. The summed E-state index contributed by atoms with van der Waals surface area (Å²) in [6.07, 6.45) is -7.26. The number of nitrogens with one attached hydrogen (secondary N) is 2. The van der Waals surface area contributed by atoms with Gasteiger partial charge in [0.15, 0.2) is 6.10 Å². The lowest BCUT2D eigenvalue weighted by atomic mass is 10.2. The molecule has 0 aromatic rings. The molecule has 0 spiro atoms. The van der Waals surface area contributed by atoms with Crippen LogP contribution in [0.4, 0.5) is 13.2 Å². The van der Waals surface area contributed by atoms with Gasteiger partial charge in [-0.15, -0.1) is 12.4 Å². The van der Waals surface area contributed by atoms with Crippen molar-refractivity contribution in [2.75, 3.05) is 26.3 Å². The van der Waals surface area contributed by atoms with Gasteiger partial charge in [0.2, 0.25) is 5.91 Å². The predicted octanol–water partition coefficient (Wildman–Crippen LogP) is -0.564. The van der Waals surface area contributed by atoms with Crippen LogP contribution in [0.25, 0.3) is 0 Å². The van der Waals surface area contributed by atoms with Crippen molar-refractivity contribution < 1.29 is 27.8 Å². The van der Waals surface area contributed by atoms with Gasteiger partial charge < -0.3 is 20.5 Å². The molecule has 1 saturated heterocycles. The SMILES string of the molecule is Cl.O=C(NCC(O)C(F)(F)F)C1COCCN1. The van der Waals surface area contributed by atoms with Crippen LogP contribution in [-0.2, 0) is 9.53 Å². The zero-order valence-corrected chi connectivity index (χ0v) is 9.61. The van der Waals surface area contributed by atoms with Crippen molar-refractivity contribution in [1.82, 2.24) is 10.6 Å². The fraction of sp³-hybridized carbons (Fsp3) is 0.875. The highest BCUT2D eigenvalue weighted by Crippen LogP contribution is 2.19. The number of carbonyl (C=O) groups is 1. The molecule has 0 radical (unpaired) electrons. The minimum atomic E-state index is -4.72. The van der Waals surface area contributed by atoms with Gasteiger partial charge in [-0.1, -0.05) is 0 Å². The van der Waals surface area contributed by atoms with E-state index in [1.165, 1.54) is 0 Å². The van der Waals surface area contributed by atoms with Crippen molar-refractivity contribution in [2.24, 2.45) is 0 Å². The minimum Gasteiger partial charge on any atom is -0.382 e. The van der Waals surface area contributed by atoms with Gasteiger partial charge in [0.1, 0.15) is 6.04 Å². The van der Waals surface area contributed by atoms with E-state index < -0.39 is 30.8 Å². The van der Waals surface area contributed by atoms with Gasteiger partial charge in [-0.2, -0.15) is 13.2 Å². The molecule has 0 aromatic heterocycles. The lowest BCUT2D eigenvalue weighted by Gasteiger charge is -2.23. The number of morpholine rings is 1. The summed E-state index contributed by atoms with van der Waals surface area (Å²) in [4.78, 5) is 11.3. The molecular weight excluding hydrogens is 265 g/mol. The summed E-state index contributed by atoms with van der Waals surface area (Å²) in [6, 6.07) is -0.658. The Morgan fingerprint density at radius 2 is 2.24 bits per heavy atom. The molecule has 2 unspecified atom stereocenters. The number of amides is 1. The van der Waals surface area contributed by atoms with E-state index in [1.807, 2.05) is 5.32 Å². The van der Waals surface area contributed by atoms with Gasteiger partial charge >= 0.3 is 6.18 Å². The monoisotopic (exact) mass is 278 g/mol. The second-order valence-electron chi connectivity index (χ2n) is 3.38. The van der Waals surface area contributed by atoms with Crippen molar-refractivity contribution in [3.05, 3.63) is 0 Å². The Morgan fingerprint density at radius 1 is 1.59 bits per heavy atom. The number of carbonyl (C=O) groups excluding carboxylic acids is 1. The van der Waals surface area contributed by atoms with Crippen LogP contribution in [0.2, 0.25) is 0 Å². The third-order valence-electron chi connectivity index (χ3n) is 2.09. The first-order chi connectivity index (χ1) is 7.41. The standard InChI is InChI=1S/C8H13F3N2O3.ClH/c9-8(10,11)6(14)3-13-7(15)5-4-16-2-1-12-5;/h5-6,12,14H,1-4H2,(H,13,15);1H. The first-order valence-corrected chi connectivity index (χ1v) is 4.75. The third-order valence-corrected chi connectivity index (χ3v) is 2.09. The zero-order valence-electron chi connectivity index (χ0n) is 8.79. The molecular formula is C8H14ClF3N2O3. The van der Waals surface area contributed by atoms with Crippen LogP contribution in [0.3, 0.4) is 0 Å². The first kappa shape index (κ1) is 16.4. The molecule has 2 atom stereocenters. The number of aliphatic hydroxyl groups is 1. The van der Waals surface area contributed by atoms with Crippen LogP contribution in [0.1, 0.15) is 0 Å². The molecule has 0 aliphatic carbocycles. The lowest BCUT2D eigenvalue weighted by Crippen LogP contribution is -2.53. The van der Waals surface area contributed by atoms with Gasteiger partial charge in [-0.05, 0) is 0 Å². The molecule has 1 aliphatic heterocycles.